The molecule has 0 aromatic heterocycles. The minimum atomic E-state index is -4.37. The molecule has 128 valence electrons. The van der Waals surface area contributed by atoms with Gasteiger partial charge in [0.2, 0.25) is 5.91 Å². The van der Waals surface area contributed by atoms with Crippen LogP contribution in [0.15, 0.2) is 24.3 Å². The van der Waals surface area contributed by atoms with Crippen LogP contribution in [0, 0.1) is 0 Å². The van der Waals surface area contributed by atoms with Crippen LogP contribution >= 0.6 is 0 Å². The highest BCUT2D eigenvalue weighted by atomic mass is 19.4. The third kappa shape index (κ3) is 7.67. The molecule has 0 fully saturated rings. The molecule has 0 saturated heterocycles. The van der Waals surface area contributed by atoms with Gasteiger partial charge in [0.25, 0.3) is 0 Å². The number of alkyl halides is 3. The number of unbranched alkanes of at least 4 members (excludes halogenated alkanes) is 2. The van der Waals surface area contributed by atoms with E-state index in [1.165, 1.54) is 19.2 Å². The number of nitrogens with one attached hydrogen (secondary N) is 1. The number of hydrogen-bond acceptors (Lipinski definition) is 3. The van der Waals surface area contributed by atoms with Crippen LogP contribution in [0.25, 0.3) is 0 Å². The van der Waals surface area contributed by atoms with Gasteiger partial charge in [-0.3, -0.25) is 9.59 Å². The van der Waals surface area contributed by atoms with Crippen molar-refractivity contribution in [3.63, 3.8) is 0 Å². The van der Waals surface area contributed by atoms with Crippen molar-refractivity contribution >= 4 is 11.9 Å². The fourth-order valence-corrected chi connectivity index (χ4v) is 1.96. The summed E-state index contributed by atoms with van der Waals surface area (Å²) in [7, 11) is 1.34. The Balaban J connectivity index is 2.23. The molecule has 0 spiro atoms. The molecular formula is C16H20F3NO3. The molecule has 7 heteroatoms. The molecular weight excluding hydrogens is 311 g/mol. The van der Waals surface area contributed by atoms with Gasteiger partial charge in [-0.1, -0.05) is 18.6 Å². The number of carbonyl (C=O) groups excluding carboxylic acids is 2. The Morgan fingerprint density at radius 2 is 1.74 bits per heavy atom. The van der Waals surface area contributed by atoms with E-state index in [1.807, 2.05) is 0 Å². The fourth-order valence-electron chi connectivity index (χ4n) is 1.96. The van der Waals surface area contributed by atoms with E-state index in [2.05, 4.69) is 10.1 Å². The molecule has 0 aliphatic carbocycles. The number of carbonyl (C=O) groups is 2. The van der Waals surface area contributed by atoms with Crippen molar-refractivity contribution in [1.29, 1.82) is 0 Å². The van der Waals surface area contributed by atoms with Crippen LogP contribution in [0.1, 0.15) is 36.8 Å². The molecule has 0 unspecified atom stereocenters. The van der Waals surface area contributed by atoms with Gasteiger partial charge in [0.05, 0.1) is 19.1 Å². The standard InChI is InChI=1S/C16H20F3NO3/c1-23-15(22)5-3-2-4-10-20-14(21)11-12-6-8-13(9-7-12)16(17,18)19/h6-9H,2-5,10-11H2,1H3,(H,20,21). The summed E-state index contributed by atoms with van der Waals surface area (Å²) in [6, 6.07) is 4.54. The SMILES string of the molecule is COC(=O)CCCCCNC(=O)Cc1ccc(C(F)(F)F)cc1. The van der Waals surface area contributed by atoms with Crippen molar-refractivity contribution in [1.82, 2.24) is 5.32 Å². The van der Waals surface area contributed by atoms with Crippen molar-refractivity contribution in [2.75, 3.05) is 13.7 Å². The van der Waals surface area contributed by atoms with E-state index in [1.54, 1.807) is 0 Å². The Hall–Kier alpha value is -2.05. The molecule has 0 heterocycles. The van der Waals surface area contributed by atoms with Crippen molar-refractivity contribution in [2.45, 2.75) is 38.3 Å². The number of rotatable bonds is 8. The Kier molecular flexibility index (Phi) is 7.57. The zero-order valence-electron chi connectivity index (χ0n) is 12.9. The largest absolute Gasteiger partial charge is 0.469 e. The monoisotopic (exact) mass is 331 g/mol. The molecule has 1 aromatic rings. The van der Waals surface area contributed by atoms with Crippen molar-refractivity contribution in [2.24, 2.45) is 0 Å². The number of amides is 1. The predicted octanol–water partition coefficient (Wildman–Crippen LogP) is 3.10. The lowest BCUT2D eigenvalue weighted by molar-refractivity contribution is -0.141. The Bertz CT molecular complexity index is 512. The van der Waals surface area contributed by atoms with Crippen LogP contribution in [0.4, 0.5) is 13.2 Å². The van der Waals surface area contributed by atoms with Gasteiger partial charge in [0.15, 0.2) is 0 Å². The molecule has 0 saturated carbocycles. The molecule has 0 bridgehead atoms. The van der Waals surface area contributed by atoms with Gasteiger partial charge in [0.1, 0.15) is 0 Å². The number of benzene rings is 1. The quantitative estimate of drug-likeness (QED) is 0.588. The zero-order chi connectivity index (χ0) is 17.3. The van der Waals surface area contributed by atoms with E-state index in [0.717, 1.165) is 25.0 Å². The zero-order valence-corrected chi connectivity index (χ0v) is 12.9. The highest BCUT2D eigenvalue weighted by Gasteiger charge is 2.29. The third-order valence-corrected chi connectivity index (χ3v) is 3.25. The van der Waals surface area contributed by atoms with E-state index in [-0.39, 0.29) is 18.3 Å². The average molecular weight is 331 g/mol. The van der Waals surface area contributed by atoms with Crippen molar-refractivity contribution in [3.8, 4) is 0 Å². The van der Waals surface area contributed by atoms with E-state index in [0.29, 0.717) is 24.9 Å². The van der Waals surface area contributed by atoms with E-state index in [4.69, 9.17) is 0 Å². The van der Waals surface area contributed by atoms with Gasteiger partial charge in [-0.25, -0.2) is 0 Å². The van der Waals surface area contributed by atoms with Gasteiger partial charge < -0.3 is 10.1 Å². The first-order chi connectivity index (χ1) is 10.8. The maximum Gasteiger partial charge on any atom is 0.416 e. The van der Waals surface area contributed by atoms with Gasteiger partial charge in [-0.05, 0) is 30.5 Å². The molecule has 0 radical (unpaired) electrons. The summed E-state index contributed by atoms with van der Waals surface area (Å²) in [5.41, 5.74) is -0.201. The Morgan fingerprint density at radius 1 is 1.09 bits per heavy atom. The third-order valence-electron chi connectivity index (χ3n) is 3.25. The Morgan fingerprint density at radius 3 is 2.30 bits per heavy atom. The maximum absolute atomic E-state index is 12.4. The summed E-state index contributed by atoms with van der Waals surface area (Å²) < 4.78 is 41.8. The maximum atomic E-state index is 12.4. The first-order valence-corrected chi connectivity index (χ1v) is 7.32. The molecule has 0 atom stereocenters. The number of halogens is 3. The Labute approximate surface area is 133 Å². The van der Waals surface area contributed by atoms with Crippen LogP contribution in [0.3, 0.4) is 0 Å². The van der Waals surface area contributed by atoms with Crippen LogP contribution < -0.4 is 5.32 Å². The molecule has 1 amide bonds. The van der Waals surface area contributed by atoms with Crippen molar-refractivity contribution in [3.05, 3.63) is 35.4 Å². The van der Waals surface area contributed by atoms with Crippen molar-refractivity contribution < 1.29 is 27.5 Å². The highest BCUT2D eigenvalue weighted by molar-refractivity contribution is 5.78. The molecule has 0 aliphatic heterocycles. The lowest BCUT2D eigenvalue weighted by Crippen LogP contribution is -2.26. The molecule has 1 rings (SSSR count). The van der Waals surface area contributed by atoms with E-state index in [9.17, 15) is 22.8 Å². The minimum absolute atomic E-state index is 0.0420. The molecule has 0 aliphatic rings. The summed E-state index contributed by atoms with van der Waals surface area (Å²) >= 11 is 0. The van der Waals surface area contributed by atoms with Crippen LogP contribution in [-0.2, 0) is 26.9 Å². The summed E-state index contributed by atoms with van der Waals surface area (Å²) in [6.45, 7) is 0.473. The van der Waals surface area contributed by atoms with Gasteiger partial charge in [-0.15, -0.1) is 0 Å². The summed E-state index contributed by atoms with van der Waals surface area (Å²) in [6.07, 6.45) is -1.76. The number of ether oxygens (including phenoxy) is 1. The minimum Gasteiger partial charge on any atom is -0.469 e. The first-order valence-electron chi connectivity index (χ1n) is 7.32. The van der Waals surface area contributed by atoms with Crippen LogP contribution in [0.2, 0.25) is 0 Å². The van der Waals surface area contributed by atoms with Gasteiger partial charge in [0, 0.05) is 13.0 Å². The van der Waals surface area contributed by atoms with Gasteiger partial charge in [-0.2, -0.15) is 13.2 Å². The number of hydrogen-bond donors (Lipinski definition) is 1. The summed E-state index contributed by atoms with van der Waals surface area (Å²) in [4.78, 5) is 22.6. The predicted molar refractivity (Wildman–Crippen MR) is 78.6 cm³/mol. The number of methoxy groups -OCH3 is 1. The summed E-state index contributed by atoms with van der Waals surface area (Å²) in [5, 5.41) is 2.70. The highest BCUT2D eigenvalue weighted by Crippen LogP contribution is 2.29. The smallest absolute Gasteiger partial charge is 0.416 e. The molecule has 4 nitrogen and oxygen atoms in total. The van der Waals surface area contributed by atoms with Crippen LogP contribution in [0.5, 0.6) is 0 Å². The molecule has 1 N–H and O–H groups in total. The van der Waals surface area contributed by atoms with E-state index >= 15 is 0 Å². The fraction of sp³-hybridized carbons (Fsp3) is 0.500. The second-order valence-corrected chi connectivity index (χ2v) is 5.11. The summed E-state index contributed by atoms with van der Waals surface area (Å²) in [5.74, 6) is -0.492. The van der Waals surface area contributed by atoms with E-state index < -0.39 is 11.7 Å². The average Bonchev–Trinajstić information content (AvgIpc) is 2.50. The van der Waals surface area contributed by atoms with Crippen LogP contribution in [-0.4, -0.2) is 25.5 Å². The number of esters is 1. The lowest BCUT2D eigenvalue weighted by Gasteiger charge is -2.08. The second-order valence-electron chi connectivity index (χ2n) is 5.11. The topological polar surface area (TPSA) is 55.4 Å². The second kappa shape index (κ2) is 9.17. The first kappa shape index (κ1) is 19.0. The normalized spacial score (nSPS) is 11.1. The van der Waals surface area contributed by atoms with Gasteiger partial charge >= 0.3 is 12.1 Å². The molecule has 23 heavy (non-hydrogen) atoms. The molecule has 1 aromatic carbocycles. The lowest BCUT2D eigenvalue weighted by atomic mass is 10.1.